The van der Waals surface area contributed by atoms with E-state index in [0.29, 0.717) is 5.56 Å². The normalized spacial score (nSPS) is 10.6. The molecule has 5 nitrogen and oxygen atoms in total. The van der Waals surface area contributed by atoms with E-state index in [-0.39, 0.29) is 5.97 Å². The lowest BCUT2D eigenvalue weighted by atomic mass is 10.1. The van der Waals surface area contributed by atoms with Crippen LogP contribution >= 0.6 is 0 Å². The van der Waals surface area contributed by atoms with Crippen LogP contribution in [0.15, 0.2) is 48.8 Å². The zero-order chi connectivity index (χ0) is 13.2. The minimum Gasteiger partial charge on any atom is -0.465 e. The smallest absolute Gasteiger partial charge is 0.337 e. The summed E-state index contributed by atoms with van der Waals surface area (Å²) in [7, 11) is 1.36. The van der Waals surface area contributed by atoms with Crippen LogP contribution in [0.3, 0.4) is 0 Å². The molecule has 94 valence electrons. The number of benzene rings is 1. The van der Waals surface area contributed by atoms with Crippen molar-refractivity contribution in [3.05, 3.63) is 54.4 Å². The van der Waals surface area contributed by atoms with Crippen molar-refractivity contribution in [3.63, 3.8) is 0 Å². The maximum atomic E-state index is 11.5. The minimum absolute atomic E-state index is 0.354. The summed E-state index contributed by atoms with van der Waals surface area (Å²) in [5.41, 5.74) is 1.40. The van der Waals surface area contributed by atoms with Crippen LogP contribution < -0.4 is 0 Å². The summed E-state index contributed by atoms with van der Waals surface area (Å²) in [6.07, 6.45) is 3.42. The molecule has 0 radical (unpaired) electrons. The number of aromatic nitrogens is 3. The molecule has 0 fully saturated rings. The molecule has 2 aromatic heterocycles. The maximum absolute atomic E-state index is 11.5. The molecular formula is C14H11N3O2. The Hall–Kier alpha value is -2.69. The topological polar surface area (TPSA) is 57.0 Å². The summed E-state index contributed by atoms with van der Waals surface area (Å²) in [6.45, 7) is 0. The van der Waals surface area contributed by atoms with E-state index in [1.54, 1.807) is 29.2 Å². The van der Waals surface area contributed by atoms with Gasteiger partial charge in [-0.3, -0.25) is 0 Å². The average molecular weight is 253 g/mol. The van der Waals surface area contributed by atoms with Crippen LogP contribution in [-0.4, -0.2) is 27.8 Å². The average Bonchev–Trinajstić information content (AvgIpc) is 2.90. The molecule has 5 heteroatoms. The molecule has 0 aliphatic rings. The Kier molecular flexibility index (Phi) is 2.72. The molecule has 0 amide bonds. The van der Waals surface area contributed by atoms with Crippen LogP contribution in [-0.2, 0) is 4.74 Å². The number of carbonyl (C=O) groups is 1. The Labute approximate surface area is 109 Å². The molecule has 0 bridgehead atoms. The highest BCUT2D eigenvalue weighted by atomic mass is 16.5. The molecule has 19 heavy (non-hydrogen) atoms. The quantitative estimate of drug-likeness (QED) is 0.657. The van der Waals surface area contributed by atoms with Crippen molar-refractivity contribution < 1.29 is 9.53 Å². The van der Waals surface area contributed by atoms with E-state index in [2.05, 4.69) is 10.1 Å². The molecule has 0 spiro atoms. The molecule has 2 heterocycles. The SMILES string of the molecule is COC(=O)c1ccc2c(cnn2-c2ccccn2)c1. The number of hydrogen-bond donors (Lipinski definition) is 0. The molecule has 0 atom stereocenters. The number of hydrogen-bond acceptors (Lipinski definition) is 4. The zero-order valence-corrected chi connectivity index (χ0v) is 10.3. The summed E-state index contributed by atoms with van der Waals surface area (Å²) in [5.74, 6) is 0.385. The highest BCUT2D eigenvalue weighted by Crippen LogP contribution is 2.18. The van der Waals surface area contributed by atoms with E-state index in [1.165, 1.54) is 7.11 Å². The van der Waals surface area contributed by atoms with Crippen molar-refractivity contribution in [2.24, 2.45) is 0 Å². The highest BCUT2D eigenvalue weighted by molar-refractivity contribution is 5.94. The van der Waals surface area contributed by atoms with Crippen LogP contribution in [0.5, 0.6) is 0 Å². The summed E-state index contributed by atoms with van der Waals surface area (Å²) < 4.78 is 6.43. The molecule has 0 N–H and O–H groups in total. The van der Waals surface area contributed by atoms with Gasteiger partial charge in [0, 0.05) is 11.6 Å². The number of ether oxygens (including phenoxy) is 1. The Morgan fingerprint density at radius 3 is 2.89 bits per heavy atom. The first-order valence-corrected chi connectivity index (χ1v) is 5.77. The van der Waals surface area contributed by atoms with Gasteiger partial charge >= 0.3 is 5.97 Å². The number of nitrogens with zero attached hydrogens (tertiary/aromatic N) is 3. The summed E-state index contributed by atoms with van der Waals surface area (Å²) in [4.78, 5) is 15.7. The molecule has 3 aromatic rings. The van der Waals surface area contributed by atoms with Gasteiger partial charge in [0.2, 0.25) is 0 Å². The minimum atomic E-state index is -0.354. The van der Waals surface area contributed by atoms with Crippen molar-refractivity contribution in [2.45, 2.75) is 0 Å². The summed E-state index contributed by atoms with van der Waals surface area (Å²) in [5, 5.41) is 5.16. The predicted octanol–water partition coefficient (Wildman–Crippen LogP) is 2.21. The van der Waals surface area contributed by atoms with Gasteiger partial charge in [-0.15, -0.1) is 0 Å². The van der Waals surface area contributed by atoms with Gasteiger partial charge in [-0.25, -0.2) is 14.5 Å². The van der Waals surface area contributed by atoms with Gasteiger partial charge in [0.05, 0.1) is 24.4 Å². The van der Waals surface area contributed by atoms with Gasteiger partial charge in [0.25, 0.3) is 0 Å². The molecular weight excluding hydrogens is 242 g/mol. The standard InChI is InChI=1S/C14H11N3O2/c1-19-14(18)10-5-6-12-11(8-10)9-16-17(12)13-4-2-3-7-15-13/h2-9H,1H3. The Bertz CT molecular complexity index is 735. The van der Waals surface area contributed by atoms with E-state index in [0.717, 1.165) is 16.7 Å². The first-order valence-electron chi connectivity index (χ1n) is 5.77. The Balaban J connectivity index is 2.13. The van der Waals surface area contributed by atoms with E-state index in [4.69, 9.17) is 4.74 Å². The lowest BCUT2D eigenvalue weighted by Crippen LogP contribution is -2.01. The van der Waals surface area contributed by atoms with E-state index in [9.17, 15) is 4.79 Å². The van der Waals surface area contributed by atoms with Gasteiger partial charge in [0.15, 0.2) is 5.82 Å². The largest absolute Gasteiger partial charge is 0.465 e. The number of rotatable bonds is 2. The van der Waals surface area contributed by atoms with Crippen LogP contribution in [0.4, 0.5) is 0 Å². The molecule has 0 aliphatic heterocycles. The Morgan fingerprint density at radius 2 is 2.16 bits per heavy atom. The van der Waals surface area contributed by atoms with Crippen LogP contribution in [0, 0.1) is 0 Å². The second kappa shape index (κ2) is 4.53. The van der Waals surface area contributed by atoms with Crippen molar-refractivity contribution in [1.29, 1.82) is 0 Å². The summed E-state index contributed by atoms with van der Waals surface area (Å²) >= 11 is 0. The third-order valence-corrected chi connectivity index (χ3v) is 2.86. The van der Waals surface area contributed by atoms with Gasteiger partial charge in [-0.05, 0) is 30.3 Å². The predicted molar refractivity (Wildman–Crippen MR) is 70.2 cm³/mol. The van der Waals surface area contributed by atoms with E-state index < -0.39 is 0 Å². The second-order valence-corrected chi connectivity index (χ2v) is 4.01. The van der Waals surface area contributed by atoms with E-state index in [1.807, 2.05) is 24.3 Å². The monoisotopic (exact) mass is 253 g/mol. The first-order chi connectivity index (χ1) is 9.29. The van der Waals surface area contributed by atoms with Gasteiger partial charge in [-0.1, -0.05) is 6.07 Å². The number of pyridine rings is 1. The highest BCUT2D eigenvalue weighted by Gasteiger charge is 2.10. The number of fused-ring (bicyclic) bond motifs is 1. The first kappa shape index (κ1) is 11.4. The zero-order valence-electron chi connectivity index (χ0n) is 10.3. The third kappa shape index (κ3) is 1.95. The molecule has 3 rings (SSSR count). The van der Waals surface area contributed by atoms with Gasteiger partial charge in [-0.2, -0.15) is 5.10 Å². The van der Waals surface area contributed by atoms with Crippen molar-refractivity contribution in [2.75, 3.05) is 7.11 Å². The van der Waals surface area contributed by atoms with Crippen LogP contribution in [0.25, 0.3) is 16.7 Å². The molecule has 0 saturated carbocycles. The van der Waals surface area contributed by atoms with Crippen molar-refractivity contribution >= 4 is 16.9 Å². The van der Waals surface area contributed by atoms with Crippen LogP contribution in [0.2, 0.25) is 0 Å². The summed E-state index contributed by atoms with van der Waals surface area (Å²) in [6, 6.07) is 10.9. The van der Waals surface area contributed by atoms with Gasteiger partial charge < -0.3 is 4.74 Å². The lowest BCUT2D eigenvalue weighted by molar-refractivity contribution is 0.0601. The second-order valence-electron chi connectivity index (χ2n) is 4.01. The molecule has 0 saturated heterocycles. The van der Waals surface area contributed by atoms with Crippen molar-refractivity contribution in [1.82, 2.24) is 14.8 Å². The van der Waals surface area contributed by atoms with Crippen molar-refractivity contribution in [3.8, 4) is 5.82 Å². The maximum Gasteiger partial charge on any atom is 0.337 e. The fourth-order valence-electron chi connectivity index (χ4n) is 1.94. The lowest BCUT2D eigenvalue weighted by Gasteiger charge is -2.02. The van der Waals surface area contributed by atoms with Gasteiger partial charge in [0.1, 0.15) is 0 Å². The van der Waals surface area contributed by atoms with Crippen LogP contribution in [0.1, 0.15) is 10.4 Å². The van der Waals surface area contributed by atoms with E-state index >= 15 is 0 Å². The number of carbonyl (C=O) groups excluding carboxylic acids is 1. The fraction of sp³-hybridized carbons (Fsp3) is 0.0714. The molecule has 1 aromatic carbocycles. The molecule has 0 aliphatic carbocycles. The fourth-order valence-corrected chi connectivity index (χ4v) is 1.94. The number of esters is 1. The molecule has 0 unspecified atom stereocenters. The third-order valence-electron chi connectivity index (χ3n) is 2.86. The number of methoxy groups -OCH3 is 1. The Morgan fingerprint density at radius 1 is 1.26 bits per heavy atom.